The van der Waals surface area contributed by atoms with Crippen molar-refractivity contribution in [2.75, 3.05) is 16.0 Å². The van der Waals surface area contributed by atoms with E-state index < -0.39 is 0 Å². The summed E-state index contributed by atoms with van der Waals surface area (Å²) in [5, 5.41) is 42.4. The van der Waals surface area contributed by atoms with E-state index in [1.165, 1.54) is 5.56 Å². The molecule has 9 heterocycles. The fourth-order valence-electron chi connectivity index (χ4n) is 8.92. The lowest BCUT2D eigenvalue weighted by Crippen LogP contribution is -2.22. The Labute approximate surface area is 443 Å². The zero-order valence-corrected chi connectivity index (χ0v) is 45.7. The summed E-state index contributed by atoms with van der Waals surface area (Å²) in [5.41, 5.74) is 5.66. The van der Waals surface area contributed by atoms with Crippen LogP contribution in [0.2, 0.25) is 0 Å². The van der Waals surface area contributed by atoms with Crippen molar-refractivity contribution in [1.82, 2.24) is 57.5 Å². The number of nitrogens with zero attached hydrogens (tertiary/aromatic N) is 12. The smallest absolute Gasteiger partial charge is 0.369 e. The summed E-state index contributed by atoms with van der Waals surface area (Å²) >= 11 is 9.31. The first-order valence-electron chi connectivity index (χ1n) is 23.7. The molecule has 6 aromatic heterocycles. The number of aromatic hydroxyl groups is 2. The normalized spacial score (nSPS) is 16.2. The molecule has 20 nitrogen and oxygen atoms in total. The van der Waals surface area contributed by atoms with Gasteiger partial charge in [-0.3, -0.25) is 28.1 Å². The van der Waals surface area contributed by atoms with Gasteiger partial charge >= 0.3 is 3.18 Å². The molecule has 3 atom stereocenters. The Morgan fingerprint density at radius 3 is 1.01 bits per heavy atom. The highest BCUT2D eigenvalue weighted by Gasteiger charge is 2.30. The van der Waals surface area contributed by atoms with E-state index >= 15 is 0 Å². The molecule has 0 spiro atoms. The zero-order valence-electron chi connectivity index (χ0n) is 40.9. The molecule has 0 saturated heterocycles. The lowest BCUT2D eigenvalue weighted by molar-refractivity contribution is 0.474. The lowest BCUT2D eigenvalue weighted by atomic mass is 10.1. The van der Waals surface area contributed by atoms with Gasteiger partial charge in [-0.05, 0) is 47.9 Å². The molecule has 24 heteroatoms. The number of hydrogen-bond acceptors (Lipinski definition) is 14. The predicted octanol–water partition coefficient (Wildman–Crippen LogP) is 8.42. The third-order valence-electron chi connectivity index (χ3n) is 12.7. The first-order chi connectivity index (χ1) is 34.9. The number of imidazole rings is 3. The number of nitrogens with one attached hydrogen (secondary N) is 3. The van der Waals surface area contributed by atoms with Crippen molar-refractivity contribution in [2.45, 2.75) is 104 Å². The molecule has 0 fully saturated rings. The van der Waals surface area contributed by atoms with Gasteiger partial charge in [0.05, 0.1) is 56.4 Å². The number of phenols is 2. The van der Waals surface area contributed by atoms with E-state index in [1.54, 1.807) is 70.1 Å². The van der Waals surface area contributed by atoms with Crippen LogP contribution in [0.4, 0.5) is 17.8 Å². The maximum absolute atomic E-state index is 12.7. The lowest BCUT2D eigenvalue weighted by Gasteiger charge is -2.10. The molecule has 0 amide bonds. The van der Waals surface area contributed by atoms with Crippen molar-refractivity contribution in [3.05, 3.63) is 162 Å². The predicted molar refractivity (Wildman–Crippen MR) is 293 cm³/mol. The fraction of sp³-hybridized carbons (Fsp3) is 0.327. The van der Waals surface area contributed by atoms with Gasteiger partial charge in [-0.15, -0.1) is 62.6 Å². The number of phenolic OH excluding ortho intramolecular Hbond substituents is 2. The average Bonchev–Trinajstić information content (AvgIpc) is 4.22. The summed E-state index contributed by atoms with van der Waals surface area (Å²) in [6.07, 6.45) is 4.80. The Balaban J connectivity index is 0.000000130. The molecule has 3 aliphatic heterocycles. The molecule has 0 saturated carbocycles. The van der Waals surface area contributed by atoms with Crippen molar-refractivity contribution < 1.29 is 10.2 Å². The fourth-order valence-corrected chi connectivity index (χ4v) is 8.92. The highest BCUT2D eigenvalue weighted by Crippen LogP contribution is 2.31. The SMILES string of the molecule is BrB(Br)Br.CC(C)c1ncc2c(=O)n3c(nn12)NC(c1ccc(O)cc1)C3.CC(C)c1ncc2c(=O)n3c(nn12)N[C@@H](c1ccc(O)cc1)C3.Cc1ccc(C2Cn3c(nn4c(C(C)C)ncc4c3=O)N2)cc1. The molecule has 2 unspecified atom stereocenters. The second kappa shape index (κ2) is 21.0. The van der Waals surface area contributed by atoms with Gasteiger partial charge in [-0.1, -0.05) is 95.6 Å². The molecule has 9 aromatic rings. The van der Waals surface area contributed by atoms with Crippen LogP contribution >= 0.6 is 47.3 Å². The molecule has 0 bridgehead atoms. The van der Waals surface area contributed by atoms with Gasteiger partial charge in [-0.2, -0.15) is 0 Å². The summed E-state index contributed by atoms with van der Waals surface area (Å²) in [6, 6.07) is 22.3. The van der Waals surface area contributed by atoms with Crippen molar-refractivity contribution in [2.24, 2.45) is 0 Å². The van der Waals surface area contributed by atoms with Gasteiger partial charge in [0.2, 0.25) is 17.8 Å². The van der Waals surface area contributed by atoms with E-state index in [2.05, 4.69) is 125 Å². The first kappa shape index (κ1) is 51.1. The van der Waals surface area contributed by atoms with Crippen LogP contribution in [0.25, 0.3) is 16.6 Å². The number of rotatable bonds is 6. The summed E-state index contributed by atoms with van der Waals surface area (Å²) < 4.78 is 10.2. The zero-order chi connectivity index (χ0) is 52.0. The van der Waals surface area contributed by atoms with Crippen LogP contribution in [0, 0.1) is 6.92 Å². The van der Waals surface area contributed by atoms with Crippen molar-refractivity contribution >= 4 is 84.9 Å². The minimum atomic E-state index is -0.0943. The van der Waals surface area contributed by atoms with Gasteiger partial charge in [-0.25, -0.2) is 28.5 Å². The van der Waals surface area contributed by atoms with Crippen LogP contribution in [-0.2, 0) is 19.6 Å². The van der Waals surface area contributed by atoms with E-state index in [0.29, 0.717) is 54.0 Å². The Bertz CT molecular complexity index is 3270. The van der Waals surface area contributed by atoms with E-state index in [-0.39, 0.29) is 67.2 Å². The van der Waals surface area contributed by atoms with Crippen LogP contribution in [-0.4, -0.2) is 70.9 Å². The number of benzene rings is 3. The molecule has 73 heavy (non-hydrogen) atoms. The van der Waals surface area contributed by atoms with Gasteiger partial charge < -0.3 is 26.2 Å². The number of fused-ring (bicyclic) bond motifs is 6. The number of hydrogen-bond donors (Lipinski definition) is 5. The topological polar surface area (TPSA) is 233 Å². The van der Waals surface area contributed by atoms with Crippen molar-refractivity contribution in [3.63, 3.8) is 0 Å². The minimum absolute atomic E-state index is 0.0432. The van der Waals surface area contributed by atoms with Crippen molar-refractivity contribution in [3.8, 4) is 11.5 Å². The number of anilines is 3. The summed E-state index contributed by atoms with van der Waals surface area (Å²) in [6.45, 7) is 15.8. The molecule has 0 aliphatic carbocycles. The van der Waals surface area contributed by atoms with E-state index in [0.717, 1.165) is 34.2 Å². The van der Waals surface area contributed by atoms with Gasteiger partial charge in [0.25, 0.3) is 16.7 Å². The number of aryl methyl sites for hydroxylation is 1. The standard InChI is InChI=1S/C17H19N5O.2C16H17N5O2.BBr3/c1-10(2)15-18-8-14-16(23)21-9-13(19-17(21)20-22(14)15)12-6-4-11(3)5-7-12;2*1-9(2)14-17-7-13-15(23)20-8-12(18-16(20)19-21(13)14)10-3-5-11(22)6-4-10;2-1(3)4/h4-8,10,13H,9H2,1-3H3,(H,19,20);2*3-7,9,12,22H,8H2,1-2H3,(H,18,19);/t;12-;;/m.1../s1. The first-order valence-corrected chi connectivity index (χ1v) is 26.4. The molecule has 3 aromatic carbocycles. The molecular formula is C49H53BBr3N15O5. The molecule has 0 radical (unpaired) electrons. The molecule has 5 N–H and O–H groups in total. The third kappa shape index (κ3) is 10.4. The largest absolute Gasteiger partial charge is 0.508 e. The van der Waals surface area contributed by atoms with Crippen LogP contribution < -0.4 is 32.6 Å². The summed E-state index contributed by atoms with van der Waals surface area (Å²) in [5.74, 6) is 5.06. The van der Waals surface area contributed by atoms with Crippen LogP contribution in [0.3, 0.4) is 0 Å². The Morgan fingerprint density at radius 1 is 0.493 bits per heavy atom. The van der Waals surface area contributed by atoms with Crippen molar-refractivity contribution in [1.29, 1.82) is 0 Å². The maximum Gasteiger partial charge on any atom is 0.369 e. The highest BCUT2D eigenvalue weighted by atomic mass is 79.9. The maximum atomic E-state index is 12.7. The number of halogens is 3. The third-order valence-corrected chi connectivity index (χ3v) is 12.7. The van der Waals surface area contributed by atoms with Crippen LogP contribution in [0.15, 0.2) is 106 Å². The van der Waals surface area contributed by atoms with Gasteiger partial charge in [0.1, 0.15) is 29.0 Å². The Hall–Kier alpha value is -6.79. The molecule has 3 aliphatic rings. The summed E-state index contributed by atoms with van der Waals surface area (Å²) in [4.78, 5) is 51.0. The monoisotopic (exact) mass is 1180 g/mol. The van der Waals surface area contributed by atoms with E-state index in [9.17, 15) is 24.6 Å². The van der Waals surface area contributed by atoms with E-state index in [4.69, 9.17) is 0 Å². The van der Waals surface area contributed by atoms with Gasteiger partial charge in [0.15, 0.2) is 16.6 Å². The van der Waals surface area contributed by atoms with Crippen LogP contribution in [0.1, 0.15) is 117 Å². The average molecular weight is 1180 g/mol. The van der Waals surface area contributed by atoms with Gasteiger partial charge in [0, 0.05) is 17.8 Å². The Morgan fingerprint density at radius 2 is 0.753 bits per heavy atom. The highest BCUT2D eigenvalue weighted by molar-refractivity contribution is 9.69. The summed E-state index contributed by atoms with van der Waals surface area (Å²) in [7, 11) is 0. The number of aromatic nitrogens is 12. The van der Waals surface area contributed by atoms with Crippen LogP contribution in [0.5, 0.6) is 11.5 Å². The Kier molecular flexibility index (Phi) is 14.7. The second-order valence-corrected chi connectivity index (χ2v) is 25.3. The molecular weight excluding hydrogens is 1130 g/mol. The molecule has 378 valence electrons. The second-order valence-electron chi connectivity index (χ2n) is 18.9. The minimum Gasteiger partial charge on any atom is -0.508 e. The van der Waals surface area contributed by atoms with E-state index in [1.807, 2.05) is 65.8 Å². The molecule has 12 rings (SSSR count). The quantitative estimate of drug-likeness (QED) is 0.0984.